The first-order valence-corrected chi connectivity index (χ1v) is 18.7. The number of hydrogen-bond acceptors (Lipinski definition) is 6. The molecule has 2 N–H and O–H groups in total. The first-order chi connectivity index (χ1) is 24.8. The molecule has 4 fully saturated rings. The molecule has 0 spiro atoms. The summed E-state index contributed by atoms with van der Waals surface area (Å²) in [4.78, 5) is 47.7. The summed E-state index contributed by atoms with van der Waals surface area (Å²) < 4.78 is 11.6. The van der Waals surface area contributed by atoms with Crippen LogP contribution in [0.25, 0.3) is 54.7 Å². The highest BCUT2D eigenvalue weighted by molar-refractivity contribution is 6.08. The zero-order valence-electron chi connectivity index (χ0n) is 30.5. The molecule has 10 rings (SSSR count). The van der Waals surface area contributed by atoms with Gasteiger partial charge in [0.05, 0.1) is 34.2 Å². The van der Waals surface area contributed by atoms with Gasteiger partial charge >= 0.3 is 12.2 Å². The number of carbonyl (C=O) groups is 2. The van der Waals surface area contributed by atoms with Crippen molar-refractivity contribution in [2.45, 2.75) is 103 Å². The maximum absolute atomic E-state index is 13.3. The van der Waals surface area contributed by atoms with Crippen molar-refractivity contribution in [1.29, 1.82) is 0 Å². The summed E-state index contributed by atoms with van der Waals surface area (Å²) in [6.07, 6.45) is 3.37. The van der Waals surface area contributed by atoms with E-state index in [1.165, 1.54) is 0 Å². The molecule has 2 aliphatic heterocycles. The molecule has 6 aromatic rings. The topological polar surface area (TPSA) is 116 Å². The van der Waals surface area contributed by atoms with E-state index in [9.17, 15) is 9.59 Å². The van der Waals surface area contributed by atoms with Gasteiger partial charge in [0, 0.05) is 22.9 Å². The van der Waals surface area contributed by atoms with Gasteiger partial charge in [0.1, 0.15) is 22.9 Å². The number of hydrogen-bond donors (Lipinski definition) is 2. The standard InChI is InChI=1S/C42H44N6O4/c1-41(2,3)51-39(49)47-31-17-25(31)19-33(47)37-43-29-14-11-24-15-22(9-12-27(24)35(29)45-37)23-8-7-21-10-13-30-36(28(21)16-23)46-38(44-30)34-20-26-18-32(26)48(34)40(50)52-42(4,5)6/h7-16,25-26,31-34H,17-20H2,1-6H3,(H,43,45)(H,44,46)/t25-,26-,31-,32-,33-,34-/m0/s1. The van der Waals surface area contributed by atoms with Gasteiger partial charge in [-0.2, -0.15) is 0 Å². The SMILES string of the molecule is CC(C)(C)OC(=O)N1[C@H](c2nc3c(ccc4cc(-c5ccc6ccc7[nH]c([C@@H]8C[C@@H]9C[C@@H]9N8C(=O)OC(C)(C)C)nc7c6c5)ccc43)[nH]2)C[C@@H]2C[C@@H]21. The Morgan fingerprint density at radius 1 is 0.615 bits per heavy atom. The molecule has 266 valence electrons. The van der Waals surface area contributed by atoms with Gasteiger partial charge in [-0.3, -0.25) is 9.80 Å². The van der Waals surface area contributed by atoms with E-state index in [2.05, 4.69) is 70.6 Å². The third-order valence-electron chi connectivity index (χ3n) is 11.4. The van der Waals surface area contributed by atoms with Crippen LogP contribution < -0.4 is 0 Å². The lowest BCUT2D eigenvalue weighted by molar-refractivity contribution is 0.0164. The molecule has 52 heavy (non-hydrogen) atoms. The Kier molecular flexibility index (Phi) is 6.51. The number of amides is 2. The molecule has 10 nitrogen and oxygen atoms in total. The maximum atomic E-state index is 13.3. The van der Waals surface area contributed by atoms with Crippen LogP contribution in [0.2, 0.25) is 0 Å². The predicted molar refractivity (Wildman–Crippen MR) is 201 cm³/mol. The molecule has 2 saturated carbocycles. The Morgan fingerprint density at radius 3 is 1.65 bits per heavy atom. The van der Waals surface area contributed by atoms with Gasteiger partial charge in [-0.05, 0) is 125 Å². The fourth-order valence-corrected chi connectivity index (χ4v) is 8.86. The second-order valence-corrected chi connectivity index (χ2v) is 17.4. The van der Waals surface area contributed by atoms with Crippen LogP contribution in [0.1, 0.15) is 91.0 Å². The van der Waals surface area contributed by atoms with Crippen LogP contribution in [0.15, 0.2) is 60.7 Å². The lowest BCUT2D eigenvalue weighted by atomic mass is 9.98. The second kappa shape index (κ2) is 10.7. The molecule has 0 radical (unpaired) electrons. The number of H-pyrrole nitrogens is 2. The summed E-state index contributed by atoms with van der Waals surface area (Å²) in [6, 6.07) is 21.8. The first kappa shape index (κ1) is 31.6. The molecule has 6 atom stereocenters. The molecular weight excluding hydrogens is 652 g/mol. The minimum absolute atomic E-state index is 0.114. The van der Waals surface area contributed by atoms with Gasteiger partial charge in [-0.25, -0.2) is 19.6 Å². The smallest absolute Gasteiger partial charge is 0.411 e. The predicted octanol–water partition coefficient (Wildman–Crippen LogP) is 9.55. The molecule has 4 heterocycles. The first-order valence-electron chi connectivity index (χ1n) is 18.7. The van der Waals surface area contributed by atoms with Gasteiger partial charge in [-0.15, -0.1) is 0 Å². The number of nitrogens with one attached hydrogen (secondary N) is 2. The minimum atomic E-state index is -0.550. The summed E-state index contributed by atoms with van der Waals surface area (Å²) in [5, 5.41) is 4.36. The summed E-state index contributed by atoms with van der Waals surface area (Å²) in [7, 11) is 0. The van der Waals surface area contributed by atoms with Crippen LogP contribution in [0, 0.1) is 11.8 Å². The number of likely N-dealkylation sites (tertiary alicyclic amines) is 2. The number of imidazole rings is 2. The van der Waals surface area contributed by atoms with E-state index in [1.54, 1.807) is 0 Å². The Labute approximate surface area is 301 Å². The average molecular weight is 697 g/mol. The van der Waals surface area contributed by atoms with Gasteiger partial charge in [0.15, 0.2) is 0 Å². The van der Waals surface area contributed by atoms with Gasteiger partial charge < -0.3 is 19.4 Å². The average Bonchev–Trinajstić information content (AvgIpc) is 3.72. The molecular formula is C42H44N6O4. The van der Waals surface area contributed by atoms with Crippen LogP contribution in [-0.4, -0.2) is 65.2 Å². The lowest BCUT2D eigenvalue weighted by Crippen LogP contribution is -2.38. The summed E-state index contributed by atoms with van der Waals surface area (Å²) in [5.41, 5.74) is 4.87. The summed E-state index contributed by atoms with van der Waals surface area (Å²) in [6.45, 7) is 11.5. The number of fused-ring (bicyclic) bond motifs is 8. The van der Waals surface area contributed by atoms with Gasteiger partial charge in [-0.1, -0.05) is 36.4 Å². The van der Waals surface area contributed by atoms with E-state index in [-0.39, 0.29) is 36.4 Å². The van der Waals surface area contributed by atoms with Crippen LogP contribution in [0.3, 0.4) is 0 Å². The van der Waals surface area contributed by atoms with Crippen LogP contribution in [0.4, 0.5) is 9.59 Å². The number of ether oxygens (including phenoxy) is 2. The van der Waals surface area contributed by atoms with Crippen molar-refractivity contribution >= 4 is 55.8 Å². The Bertz CT molecular complexity index is 2470. The van der Waals surface area contributed by atoms with E-state index >= 15 is 0 Å². The van der Waals surface area contributed by atoms with E-state index in [4.69, 9.17) is 19.4 Å². The third kappa shape index (κ3) is 5.20. The summed E-state index contributed by atoms with van der Waals surface area (Å²) >= 11 is 0. The number of nitrogens with zero attached hydrogens (tertiary/aromatic N) is 4. The zero-order chi connectivity index (χ0) is 35.8. The van der Waals surface area contributed by atoms with E-state index in [0.29, 0.717) is 11.8 Å². The second-order valence-electron chi connectivity index (χ2n) is 17.4. The van der Waals surface area contributed by atoms with Crippen molar-refractivity contribution in [3.05, 3.63) is 72.3 Å². The van der Waals surface area contributed by atoms with Gasteiger partial charge in [0.25, 0.3) is 0 Å². The Hall–Kier alpha value is -5.12. The van der Waals surface area contributed by atoms with E-state index in [0.717, 1.165) is 92.1 Å². The Morgan fingerprint density at radius 2 is 1.10 bits per heavy atom. The molecule has 2 saturated heterocycles. The highest BCUT2D eigenvalue weighted by Gasteiger charge is 2.57. The van der Waals surface area contributed by atoms with Crippen molar-refractivity contribution in [2.75, 3.05) is 0 Å². The van der Waals surface area contributed by atoms with Crippen molar-refractivity contribution in [3.63, 3.8) is 0 Å². The van der Waals surface area contributed by atoms with Crippen molar-refractivity contribution in [3.8, 4) is 11.1 Å². The minimum Gasteiger partial charge on any atom is -0.444 e. The Balaban J connectivity index is 0.968. The number of aromatic amines is 2. The van der Waals surface area contributed by atoms with Crippen molar-refractivity contribution < 1.29 is 19.1 Å². The maximum Gasteiger partial charge on any atom is 0.411 e. The number of carbonyl (C=O) groups excluding carboxylic acids is 2. The normalized spacial score (nSPS) is 25.3. The molecule has 2 aromatic heterocycles. The number of piperidine rings is 2. The highest BCUT2D eigenvalue weighted by atomic mass is 16.6. The largest absolute Gasteiger partial charge is 0.444 e. The molecule has 4 aliphatic rings. The van der Waals surface area contributed by atoms with Crippen molar-refractivity contribution in [2.24, 2.45) is 11.8 Å². The molecule has 0 bridgehead atoms. The van der Waals surface area contributed by atoms with Crippen LogP contribution in [0.5, 0.6) is 0 Å². The molecule has 2 amide bonds. The quantitative estimate of drug-likeness (QED) is 0.190. The van der Waals surface area contributed by atoms with Gasteiger partial charge in [0.2, 0.25) is 0 Å². The highest BCUT2D eigenvalue weighted by Crippen LogP contribution is 2.55. The molecule has 10 heteroatoms. The molecule has 2 aliphatic carbocycles. The summed E-state index contributed by atoms with van der Waals surface area (Å²) in [5.74, 6) is 2.67. The van der Waals surface area contributed by atoms with Crippen LogP contribution >= 0.6 is 0 Å². The van der Waals surface area contributed by atoms with Crippen LogP contribution in [-0.2, 0) is 9.47 Å². The van der Waals surface area contributed by atoms with Crippen molar-refractivity contribution in [1.82, 2.24) is 29.7 Å². The fraction of sp³-hybridized carbons (Fsp3) is 0.429. The number of aromatic nitrogens is 4. The number of rotatable bonds is 3. The van der Waals surface area contributed by atoms with E-state index < -0.39 is 11.2 Å². The zero-order valence-corrected chi connectivity index (χ0v) is 30.5. The molecule has 4 aromatic carbocycles. The third-order valence-corrected chi connectivity index (χ3v) is 11.4. The lowest BCUT2D eigenvalue weighted by Gasteiger charge is -2.29. The molecule has 0 unspecified atom stereocenters. The van der Waals surface area contributed by atoms with E-state index in [1.807, 2.05) is 51.3 Å². The monoisotopic (exact) mass is 696 g/mol. The fourth-order valence-electron chi connectivity index (χ4n) is 8.86. The number of benzene rings is 4.